The summed E-state index contributed by atoms with van der Waals surface area (Å²) in [6.45, 7) is 6.37. The lowest BCUT2D eigenvalue weighted by Gasteiger charge is -2.14. The van der Waals surface area contributed by atoms with Crippen LogP contribution in [0.25, 0.3) is 11.3 Å². The van der Waals surface area contributed by atoms with Gasteiger partial charge in [-0.15, -0.1) is 0 Å². The molecule has 0 fully saturated rings. The van der Waals surface area contributed by atoms with Gasteiger partial charge in [0, 0.05) is 17.4 Å². The first-order valence-corrected chi connectivity index (χ1v) is 6.87. The zero-order valence-electron chi connectivity index (χ0n) is 12.3. The molecule has 1 aliphatic rings. The molecule has 0 radical (unpaired) electrons. The smallest absolute Gasteiger partial charge is 0.341 e. The Balaban J connectivity index is 2.15. The van der Waals surface area contributed by atoms with Crippen LogP contribution in [0.4, 0.5) is 0 Å². The largest absolute Gasteiger partial charge is 0.493 e. The average Bonchev–Trinajstić information content (AvgIpc) is 3.03. The van der Waals surface area contributed by atoms with Crippen molar-refractivity contribution in [3.63, 3.8) is 0 Å². The molecule has 3 rings (SSSR count). The summed E-state index contributed by atoms with van der Waals surface area (Å²) < 4.78 is 10.8. The minimum Gasteiger partial charge on any atom is -0.493 e. The first-order chi connectivity index (χ1) is 9.88. The molecule has 1 aliphatic heterocycles. The number of rotatable bonds is 2. The van der Waals surface area contributed by atoms with E-state index in [1.807, 2.05) is 39.0 Å². The van der Waals surface area contributed by atoms with E-state index >= 15 is 0 Å². The quantitative estimate of drug-likeness (QED) is 0.917. The van der Waals surface area contributed by atoms with Crippen molar-refractivity contribution in [3.8, 4) is 17.0 Å². The maximum atomic E-state index is 11.6. The zero-order valence-corrected chi connectivity index (χ0v) is 12.3. The number of aromatic carboxylic acids is 1. The first-order valence-electron chi connectivity index (χ1n) is 6.87. The lowest BCUT2D eigenvalue weighted by molar-refractivity contribution is 0.0693. The van der Waals surface area contributed by atoms with Crippen LogP contribution in [-0.4, -0.2) is 22.8 Å². The normalized spacial score (nSPS) is 13.9. The van der Waals surface area contributed by atoms with Gasteiger partial charge in [-0.3, -0.25) is 0 Å². The van der Waals surface area contributed by atoms with E-state index in [1.165, 1.54) is 0 Å². The second-order valence-electron chi connectivity index (χ2n) is 6.21. The second-order valence-corrected chi connectivity index (χ2v) is 6.21. The molecule has 0 unspecified atom stereocenters. The molecule has 0 spiro atoms. The topological polar surface area (TPSA) is 72.6 Å². The van der Waals surface area contributed by atoms with Gasteiger partial charge in [0.1, 0.15) is 17.0 Å². The van der Waals surface area contributed by atoms with Crippen LogP contribution in [-0.2, 0) is 11.8 Å². The molecule has 5 heteroatoms. The molecule has 21 heavy (non-hydrogen) atoms. The molecular weight excluding hydrogens is 270 g/mol. The van der Waals surface area contributed by atoms with Crippen LogP contribution in [0.15, 0.2) is 22.7 Å². The summed E-state index contributed by atoms with van der Waals surface area (Å²) in [6.07, 6.45) is 0.829. The lowest BCUT2D eigenvalue weighted by Crippen LogP contribution is -2.15. The highest BCUT2D eigenvalue weighted by Gasteiger charge is 2.31. The Morgan fingerprint density at radius 1 is 1.33 bits per heavy atom. The van der Waals surface area contributed by atoms with Gasteiger partial charge < -0.3 is 14.4 Å². The fourth-order valence-corrected chi connectivity index (χ4v) is 2.53. The highest BCUT2D eigenvalue weighted by Crippen LogP contribution is 2.35. The number of carboxylic acids is 1. The number of hydrogen-bond donors (Lipinski definition) is 1. The third kappa shape index (κ3) is 2.28. The second kappa shape index (κ2) is 4.62. The Kier molecular flexibility index (Phi) is 3.01. The van der Waals surface area contributed by atoms with E-state index in [9.17, 15) is 9.90 Å². The fraction of sp³-hybridized carbons (Fsp3) is 0.375. The SMILES string of the molecule is CC(C)(C)c1onc(-c2ccc3c(c2)CCO3)c1C(=O)O. The zero-order chi connectivity index (χ0) is 15.2. The summed E-state index contributed by atoms with van der Waals surface area (Å²) in [6, 6.07) is 5.61. The van der Waals surface area contributed by atoms with Crippen molar-refractivity contribution in [2.45, 2.75) is 32.6 Å². The van der Waals surface area contributed by atoms with Crippen molar-refractivity contribution in [1.82, 2.24) is 5.16 Å². The van der Waals surface area contributed by atoms with Crippen LogP contribution >= 0.6 is 0 Å². The predicted octanol–water partition coefficient (Wildman–Crippen LogP) is 3.27. The number of fused-ring (bicyclic) bond motifs is 1. The van der Waals surface area contributed by atoms with Gasteiger partial charge in [0.2, 0.25) is 0 Å². The number of hydrogen-bond acceptors (Lipinski definition) is 4. The van der Waals surface area contributed by atoms with E-state index in [1.54, 1.807) is 0 Å². The molecule has 1 aromatic heterocycles. The van der Waals surface area contributed by atoms with Crippen LogP contribution in [0.5, 0.6) is 5.75 Å². The molecular formula is C16H17NO4. The van der Waals surface area contributed by atoms with Crippen molar-refractivity contribution in [3.05, 3.63) is 35.1 Å². The predicted molar refractivity (Wildman–Crippen MR) is 76.8 cm³/mol. The Hall–Kier alpha value is -2.30. The van der Waals surface area contributed by atoms with Crippen molar-refractivity contribution in [1.29, 1.82) is 0 Å². The number of carboxylic acid groups (broad SMARTS) is 1. The van der Waals surface area contributed by atoms with E-state index in [2.05, 4.69) is 5.16 Å². The maximum Gasteiger partial charge on any atom is 0.341 e. The summed E-state index contributed by atoms with van der Waals surface area (Å²) in [7, 11) is 0. The molecule has 0 saturated heterocycles. The number of ether oxygens (including phenoxy) is 1. The van der Waals surface area contributed by atoms with E-state index in [0.717, 1.165) is 23.3 Å². The Morgan fingerprint density at radius 3 is 2.76 bits per heavy atom. The van der Waals surface area contributed by atoms with Gasteiger partial charge in [0.25, 0.3) is 0 Å². The number of carbonyl (C=O) groups is 1. The number of aromatic nitrogens is 1. The highest BCUT2D eigenvalue weighted by molar-refractivity contribution is 5.96. The molecule has 0 atom stereocenters. The van der Waals surface area contributed by atoms with Crippen molar-refractivity contribution in [2.75, 3.05) is 6.61 Å². The molecule has 0 saturated carbocycles. The summed E-state index contributed by atoms with van der Waals surface area (Å²) in [4.78, 5) is 11.6. The molecule has 5 nitrogen and oxygen atoms in total. The molecule has 0 aliphatic carbocycles. The fourth-order valence-electron chi connectivity index (χ4n) is 2.53. The average molecular weight is 287 g/mol. The van der Waals surface area contributed by atoms with E-state index in [4.69, 9.17) is 9.26 Å². The van der Waals surface area contributed by atoms with Gasteiger partial charge in [0.15, 0.2) is 5.76 Å². The van der Waals surface area contributed by atoms with Gasteiger partial charge in [-0.05, 0) is 23.8 Å². The molecule has 2 heterocycles. The maximum absolute atomic E-state index is 11.6. The Bertz CT molecular complexity index is 710. The van der Waals surface area contributed by atoms with Gasteiger partial charge in [-0.25, -0.2) is 4.79 Å². The summed E-state index contributed by atoms with van der Waals surface area (Å²) in [5.74, 6) is 0.227. The molecule has 1 N–H and O–H groups in total. The minimum atomic E-state index is -1.02. The van der Waals surface area contributed by atoms with E-state index in [-0.39, 0.29) is 5.56 Å². The van der Waals surface area contributed by atoms with Crippen LogP contribution < -0.4 is 4.74 Å². The summed E-state index contributed by atoms with van der Waals surface area (Å²) in [5, 5.41) is 13.5. The van der Waals surface area contributed by atoms with Crippen molar-refractivity contribution < 1.29 is 19.2 Å². The number of benzene rings is 1. The first kappa shape index (κ1) is 13.7. The minimum absolute atomic E-state index is 0.140. The van der Waals surface area contributed by atoms with Gasteiger partial charge >= 0.3 is 5.97 Å². The van der Waals surface area contributed by atoms with Crippen LogP contribution in [0.1, 0.15) is 42.5 Å². The highest BCUT2D eigenvalue weighted by atomic mass is 16.5. The molecule has 110 valence electrons. The van der Waals surface area contributed by atoms with Gasteiger partial charge in [0.05, 0.1) is 6.61 Å². The monoisotopic (exact) mass is 287 g/mol. The molecule has 0 bridgehead atoms. The molecule has 1 aromatic carbocycles. The van der Waals surface area contributed by atoms with E-state index < -0.39 is 11.4 Å². The third-order valence-corrected chi connectivity index (χ3v) is 3.55. The van der Waals surface area contributed by atoms with Crippen LogP contribution in [0, 0.1) is 0 Å². The Labute approximate surface area is 122 Å². The van der Waals surface area contributed by atoms with Gasteiger partial charge in [-0.2, -0.15) is 0 Å². The van der Waals surface area contributed by atoms with Gasteiger partial charge in [-0.1, -0.05) is 25.9 Å². The molecule has 2 aromatic rings. The van der Waals surface area contributed by atoms with Crippen molar-refractivity contribution in [2.24, 2.45) is 0 Å². The third-order valence-electron chi connectivity index (χ3n) is 3.55. The van der Waals surface area contributed by atoms with Crippen LogP contribution in [0.2, 0.25) is 0 Å². The Morgan fingerprint density at radius 2 is 2.10 bits per heavy atom. The number of nitrogens with zero attached hydrogens (tertiary/aromatic N) is 1. The van der Waals surface area contributed by atoms with Crippen LogP contribution in [0.3, 0.4) is 0 Å². The molecule has 0 amide bonds. The lowest BCUT2D eigenvalue weighted by atomic mass is 9.88. The van der Waals surface area contributed by atoms with E-state index in [0.29, 0.717) is 18.1 Å². The van der Waals surface area contributed by atoms with Crippen molar-refractivity contribution >= 4 is 5.97 Å². The summed E-state index contributed by atoms with van der Waals surface area (Å²) in [5.41, 5.74) is 1.92. The standard InChI is InChI=1S/C16H17NO4/c1-16(2,3)14-12(15(18)19)13(17-21-14)10-4-5-11-9(8-10)6-7-20-11/h4-5,8H,6-7H2,1-3H3,(H,18,19). The summed E-state index contributed by atoms with van der Waals surface area (Å²) >= 11 is 0.